The predicted molar refractivity (Wildman–Crippen MR) is 131 cm³/mol. The van der Waals surface area contributed by atoms with Crippen molar-refractivity contribution >= 4 is 16.9 Å². The van der Waals surface area contributed by atoms with Crippen molar-refractivity contribution in [2.24, 2.45) is 0 Å². The summed E-state index contributed by atoms with van der Waals surface area (Å²) in [4.78, 5) is 17.2. The highest BCUT2D eigenvalue weighted by atomic mass is 16.1. The SMILES string of the molecule is CC(C)(C)c1ccc(Cn2c(CCNC(=O)Cc3ccccc3)nc3ccccc32)cc1. The lowest BCUT2D eigenvalue weighted by atomic mass is 9.87. The van der Waals surface area contributed by atoms with Crippen molar-refractivity contribution in [3.05, 3.63) is 101 Å². The molecule has 4 heteroatoms. The number of nitrogens with one attached hydrogen (secondary N) is 1. The highest BCUT2D eigenvalue weighted by molar-refractivity contribution is 5.78. The number of carbonyl (C=O) groups excluding carboxylic acids is 1. The second-order valence-corrected chi connectivity index (χ2v) is 9.31. The lowest BCUT2D eigenvalue weighted by molar-refractivity contribution is -0.120. The quantitative estimate of drug-likeness (QED) is 0.438. The van der Waals surface area contributed by atoms with Crippen molar-refractivity contribution < 1.29 is 4.79 Å². The summed E-state index contributed by atoms with van der Waals surface area (Å²) in [6.45, 7) is 8.02. The molecule has 32 heavy (non-hydrogen) atoms. The van der Waals surface area contributed by atoms with E-state index in [-0.39, 0.29) is 11.3 Å². The number of fused-ring (bicyclic) bond motifs is 1. The highest BCUT2D eigenvalue weighted by Crippen LogP contribution is 2.23. The number of carbonyl (C=O) groups is 1. The van der Waals surface area contributed by atoms with Gasteiger partial charge in [0.1, 0.15) is 5.82 Å². The van der Waals surface area contributed by atoms with E-state index >= 15 is 0 Å². The van der Waals surface area contributed by atoms with Crippen LogP contribution in [0, 0.1) is 0 Å². The second-order valence-electron chi connectivity index (χ2n) is 9.31. The molecule has 0 radical (unpaired) electrons. The average molecular weight is 426 g/mol. The van der Waals surface area contributed by atoms with Crippen molar-refractivity contribution in [2.45, 2.75) is 45.6 Å². The molecule has 0 aliphatic rings. The van der Waals surface area contributed by atoms with Gasteiger partial charge >= 0.3 is 0 Å². The van der Waals surface area contributed by atoms with Crippen molar-refractivity contribution in [2.75, 3.05) is 6.54 Å². The minimum Gasteiger partial charge on any atom is -0.355 e. The van der Waals surface area contributed by atoms with Gasteiger partial charge in [0.2, 0.25) is 5.91 Å². The third-order valence-electron chi connectivity index (χ3n) is 5.77. The molecule has 1 aromatic heterocycles. The van der Waals surface area contributed by atoms with E-state index in [0.29, 0.717) is 19.4 Å². The van der Waals surface area contributed by atoms with Crippen molar-refractivity contribution in [3.8, 4) is 0 Å². The summed E-state index contributed by atoms with van der Waals surface area (Å²) in [5, 5.41) is 3.05. The summed E-state index contributed by atoms with van der Waals surface area (Å²) in [6, 6.07) is 26.9. The number of benzene rings is 3. The van der Waals surface area contributed by atoms with Gasteiger partial charge in [0.05, 0.1) is 17.5 Å². The zero-order valence-electron chi connectivity index (χ0n) is 19.1. The Kier molecular flexibility index (Phi) is 6.40. The zero-order chi connectivity index (χ0) is 22.6. The summed E-state index contributed by atoms with van der Waals surface area (Å²) >= 11 is 0. The van der Waals surface area contributed by atoms with E-state index in [0.717, 1.165) is 29.0 Å². The Morgan fingerprint density at radius 1 is 0.875 bits per heavy atom. The first-order valence-electron chi connectivity index (χ1n) is 11.2. The number of rotatable bonds is 7. The normalized spacial score (nSPS) is 11.6. The lowest BCUT2D eigenvalue weighted by Gasteiger charge is -2.19. The van der Waals surface area contributed by atoms with Crippen LogP contribution in [0.1, 0.15) is 43.3 Å². The van der Waals surface area contributed by atoms with Crippen LogP contribution in [-0.4, -0.2) is 22.0 Å². The standard InChI is InChI=1S/C28H31N3O/c1-28(2,3)23-15-13-22(14-16-23)20-31-25-12-8-7-11-24(25)30-26(31)17-18-29-27(32)19-21-9-5-4-6-10-21/h4-16H,17-20H2,1-3H3,(H,29,32). The maximum absolute atomic E-state index is 12.3. The minimum absolute atomic E-state index is 0.0385. The van der Waals surface area contributed by atoms with Gasteiger partial charge in [-0.15, -0.1) is 0 Å². The number of amides is 1. The molecule has 0 atom stereocenters. The van der Waals surface area contributed by atoms with E-state index in [1.165, 1.54) is 11.1 Å². The second kappa shape index (κ2) is 9.39. The number of aromatic nitrogens is 2. The molecule has 1 amide bonds. The van der Waals surface area contributed by atoms with E-state index in [2.05, 4.69) is 67.1 Å². The first-order valence-corrected chi connectivity index (χ1v) is 11.2. The van der Waals surface area contributed by atoms with Gasteiger partial charge in [-0.25, -0.2) is 4.98 Å². The molecule has 4 aromatic rings. The van der Waals surface area contributed by atoms with Crippen LogP contribution in [0.5, 0.6) is 0 Å². The summed E-state index contributed by atoms with van der Waals surface area (Å²) < 4.78 is 2.27. The van der Waals surface area contributed by atoms with Crippen LogP contribution in [0.15, 0.2) is 78.9 Å². The molecule has 0 bridgehead atoms. The summed E-state index contributed by atoms with van der Waals surface area (Å²) in [5.74, 6) is 1.03. The topological polar surface area (TPSA) is 46.9 Å². The summed E-state index contributed by atoms with van der Waals surface area (Å²) in [7, 11) is 0. The molecule has 1 heterocycles. The monoisotopic (exact) mass is 425 g/mol. The Labute approximate surface area is 190 Å². The first-order chi connectivity index (χ1) is 15.4. The fourth-order valence-corrected chi connectivity index (χ4v) is 3.94. The lowest BCUT2D eigenvalue weighted by Crippen LogP contribution is -2.28. The van der Waals surface area contributed by atoms with Crippen LogP contribution in [0.2, 0.25) is 0 Å². The number of hydrogen-bond acceptors (Lipinski definition) is 2. The number of para-hydroxylation sites is 2. The van der Waals surface area contributed by atoms with Crippen molar-refractivity contribution in [1.29, 1.82) is 0 Å². The van der Waals surface area contributed by atoms with Gasteiger partial charge in [-0.2, -0.15) is 0 Å². The van der Waals surface area contributed by atoms with Gasteiger partial charge in [-0.1, -0.05) is 87.5 Å². The fourth-order valence-electron chi connectivity index (χ4n) is 3.94. The van der Waals surface area contributed by atoms with Crippen LogP contribution in [0.3, 0.4) is 0 Å². The first kappa shape index (κ1) is 21.8. The van der Waals surface area contributed by atoms with Crippen LogP contribution < -0.4 is 5.32 Å². The molecule has 164 valence electrons. The van der Waals surface area contributed by atoms with E-state index in [1.54, 1.807) is 0 Å². The smallest absolute Gasteiger partial charge is 0.224 e. The predicted octanol–water partition coefficient (Wildman–Crippen LogP) is 5.28. The Hall–Kier alpha value is -3.40. The molecule has 0 fully saturated rings. The maximum Gasteiger partial charge on any atom is 0.224 e. The Morgan fingerprint density at radius 2 is 1.56 bits per heavy atom. The fraction of sp³-hybridized carbons (Fsp3) is 0.286. The van der Waals surface area contributed by atoms with Crippen molar-refractivity contribution in [1.82, 2.24) is 14.9 Å². The maximum atomic E-state index is 12.3. The Morgan fingerprint density at radius 3 is 2.28 bits per heavy atom. The molecule has 0 spiro atoms. The molecule has 3 aromatic carbocycles. The van der Waals surface area contributed by atoms with E-state index < -0.39 is 0 Å². The average Bonchev–Trinajstić information content (AvgIpc) is 3.11. The molecular formula is C28H31N3O. The molecule has 4 rings (SSSR count). The Balaban J connectivity index is 1.47. The Bertz CT molecular complexity index is 1190. The van der Waals surface area contributed by atoms with Gasteiger partial charge in [0.15, 0.2) is 0 Å². The largest absolute Gasteiger partial charge is 0.355 e. The van der Waals surface area contributed by atoms with Crippen molar-refractivity contribution in [3.63, 3.8) is 0 Å². The van der Waals surface area contributed by atoms with E-state index in [4.69, 9.17) is 4.98 Å². The molecule has 4 nitrogen and oxygen atoms in total. The molecule has 0 saturated carbocycles. The summed E-state index contributed by atoms with van der Waals surface area (Å²) in [6.07, 6.45) is 1.09. The number of imidazole rings is 1. The molecule has 0 aliphatic heterocycles. The van der Waals surface area contributed by atoms with Crippen LogP contribution in [0.25, 0.3) is 11.0 Å². The number of hydrogen-bond donors (Lipinski definition) is 1. The van der Waals surface area contributed by atoms with Gasteiger partial charge in [-0.3, -0.25) is 4.79 Å². The molecule has 1 N–H and O–H groups in total. The number of nitrogens with zero attached hydrogens (tertiary/aromatic N) is 2. The summed E-state index contributed by atoms with van der Waals surface area (Å²) in [5.41, 5.74) is 5.86. The van der Waals surface area contributed by atoms with Gasteiger partial charge in [-0.05, 0) is 34.2 Å². The third-order valence-corrected chi connectivity index (χ3v) is 5.77. The van der Waals surface area contributed by atoms with Gasteiger partial charge in [0.25, 0.3) is 0 Å². The molecule has 0 unspecified atom stereocenters. The zero-order valence-corrected chi connectivity index (χ0v) is 19.1. The van der Waals surface area contributed by atoms with Crippen LogP contribution in [0.4, 0.5) is 0 Å². The van der Waals surface area contributed by atoms with Crippen LogP contribution in [-0.2, 0) is 29.6 Å². The van der Waals surface area contributed by atoms with E-state index in [1.807, 2.05) is 42.5 Å². The van der Waals surface area contributed by atoms with E-state index in [9.17, 15) is 4.79 Å². The molecule has 0 saturated heterocycles. The minimum atomic E-state index is 0.0385. The van der Waals surface area contributed by atoms with Crippen LogP contribution >= 0.6 is 0 Å². The van der Waals surface area contributed by atoms with Gasteiger partial charge < -0.3 is 9.88 Å². The third kappa shape index (κ3) is 5.25. The highest BCUT2D eigenvalue weighted by Gasteiger charge is 2.14. The molecular weight excluding hydrogens is 394 g/mol. The van der Waals surface area contributed by atoms with Gasteiger partial charge in [0, 0.05) is 19.5 Å². The molecule has 0 aliphatic carbocycles.